The number of pyridine rings is 3. The Bertz CT molecular complexity index is 1280. The highest BCUT2D eigenvalue weighted by Gasteiger charge is 2.41. The van der Waals surface area contributed by atoms with Crippen LogP contribution in [0, 0.1) is 0 Å². The number of aromatic nitrogens is 3. The zero-order valence-corrected chi connectivity index (χ0v) is 20.5. The van der Waals surface area contributed by atoms with E-state index in [0.29, 0.717) is 17.9 Å². The number of nitrogens with two attached hydrogens (primary N) is 1. The molecule has 2 N–H and O–H groups in total. The quantitative estimate of drug-likeness (QED) is 0.538. The zero-order chi connectivity index (χ0) is 24.3. The van der Waals surface area contributed by atoms with Crippen LogP contribution in [0.25, 0.3) is 10.8 Å². The Morgan fingerprint density at radius 2 is 1.94 bits per heavy atom. The minimum atomic E-state index is -0.521. The molecule has 178 valence electrons. The van der Waals surface area contributed by atoms with Crippen molar-refractivity contribution >= 4 is 16.7 Å². The standard InChI is InChI=1S/C27H32N4O3/c1-6-27(5,28)22-14-30-24(34-18-8-9-18)21-13-29-17(12-20(21)22)11-16-7-10-19-23(31-16)26(3,4)15(2)33-25(19)32/h7,10,12-15,18H,6,8-9,11,28H2,1-5H3/t15-,27+/m0/s1. The largest absolute Gasteiger partial charge is 0.474 e. The molecule has 0 amide bonds. The van der Waals surface area contributed by atoms with Crippen molar-refractivity contribution in [2.75, 3.05) is 0 Å². The van der Waals surface area contributed by atoms with Gasteiger partial charge in [0.15, 0.2) is 0 Å². The average Bonchev–Trinajstić information content (AvgIpc) is 3.62. The van der Waals surface area contributed by atoms with Crippen LogP contribution in [-0.2, 0) is 22.1 Å². The minimum absolute atomic E-state index is 0.244. The Hall–Kier alpha value is -3.06. The van der Waals surface area contributed by atoms with Gasteiger partial charge in [-0.25, -0.2) is 9.78 Å². The summed E-state index contributed by atoms with van der Waals surface area (Å²) in [4.78, 5) is 26.6. The van der Waals surface area contributed by atoms with E-state index in [4.69, 9.17) is 25.2 Å². The Morgan fingerprint density at radius 1 is 1.18 bits per heavy atom. The molecule has 0 aromatic carbocycles. The van der Waals surface area contributed by atoms with E-state index in [1.54, 1.807) is 0 Å². The third kappa shape index (κ3) is 3.92. The maximum absolute atomic E-state index is 12.4. The van der Waals surface area contributed by atoms with Crippen molar-refractivity contribution in [3.8, 4) is 5.88 Å². The molecule has 34 heavy (non-hydrogen) atoms. The molecule has 1 aliphatic carbocycles. The van der Waals surface area contributed by atoms with Gasteiger partial charge in [0.25, 0.3) is 0 Å². The number of rotatable bonds is 6. The van der Waals surface area contributed by atoms with Crippen LogP contribution in [0.5, 0.6) is 5.88 Å². The van der Waals surface area contributed by atoms with Gasteiger partial charge in [0.05, 0.1) is 16.6 Å². The number of esters is 1. The van der Waals surface area contributed by atoms with Crippen LogP contribution < -0.4 is 10.5 Å². The van der Waals surface area contributed by atoms with Crippen LogP contribution >= 0.6 is 0 Å². The SMILES string of the molecule is CC[C@@](C)(N)c1cnc(OC2CC2)c2cnc(Cc3ccc4c(n3)C(C)(C)[C@H](C)OC4=O)cc12. The van der Waals surface area contributed by atoms with Crippen LogP contribution in [0.2, 0.25) is 0 Å². The van der Waals surface area contributed by atoms with Gasteiger partial charge in [0.2, 0.25) is 5.88 Å². The van der Waals surface area contributed by atoms with Crippen molar-refractivity contribution in [1.82, 2.24) is 15.0 Å². The molecule has 1 aliphatic heterocycles. The normalized spacial score (nSPS) is 21.0. The molecule has 0 unspecified atom stereocenters. The highest BCUT2D eigenvalue weighted by molar-refractivity contribution is 5.92. The monoisotopic (exact) mass is 460 g/mol. The van der Waals surface area contributed by atoms with Gasteiger partial charge in [0, 0.05) is 41.2 Å². The molecular formula is C27H32N4O3. The smallest absolute Gasteiger partial charge is 0.340 e. The first-order valence-electron chi connectivity index (χ1n) is 12.0. The average molecular weight is 461 g/mol. The molecule has 2 atom stereocenters. The van der Waals surface area contributed by atoms with Crippen LogP contribution in [0.1, 0.15) is 86.9 Å². The van der Waals surface area contributed by atoms with E-state index in [9.17, 15) is 4.79 Å². The lowest BCUT2D eigenvalue weighted by atomic mass is 9.79. The molecule has 0 spiro atoms. The maximum atomic E-state index is 12.4. The molecule has 0 saturated heterocycles. The van der Waals surface area contributed by atoms with E-state index >= 15 is 0 Å². The predicted octanol–water partition coefficient (Wildman–Crippen LogP) is 4.58. The molecule has 3 aromatic heterocycles. The number of nitrogens with zero attached hydrogens (tertiary/aromatic N) is 3. The van der Waals surface area contributed by atoms with Crippen LogP contribution in [0.15, 0.2) is 30.6 Å². The summed E-state index contributed by atoms with van der Waals surface area (Å²) in [6.07, 6.45) is 7.13. The van der Waals surface area contributed by atoms with Gasteiger partial charge >= 0.3 is 5.97 Å². The molecule has 7 nitrogen and oxygen atoms in total. The van der Waals surface area contributed by atoms with E-state index in [1.165, 1.54) is 0 Å². The van der Waals surface area contributed by atoms with Gasteiger partial charge < -0.3 is 15.2 Å². The number of fused-ring (bicyclic) bond motifs is 2. The Balaban J connectivity index is 1.55. The Kier molecular flexibility index (Phi) is 5.35. The molecule has 4 heterocycles. The molecule has 1 saturated carbocycles. The second kappa shape index (κ2) is 8.01. The van der Waals surface area contributed by atoms with Crippen LogP contribution in [-0.4, -0.2) is 33.1 Å². The molecule has 1 fully saturated rings. The molecular weight excluding hydrogens is 428 g/mol. The number of ether oxygens (including phenoxy) is 2. The van der Waals surface area contributed by atoms with Gasteiger partial charge in [-0.15, -0.1) is 0 Å². The summed E-state index contributed by atoms with van der Waals surface area (Å²) in [7, 11) is 0. The molecule has 7 heteroatoms. The summed E-state index contributed by atoms with van der Waals surface area (Å²) in [6, 6.07) is 5.78. The molecule has 3 aromatic rings. The van der Waals surface area contributed by atoms with Gasteiger partial charge in [0.1, 0.15) is 12.2 Å². The second-order valence-corrected chi connectivity index (χ2v) is 10.4. The highest BCUT2D eigenvalue weighted by atomic mass is 16.5. The Labute approximate surface area is 200 Å². The third-order valence-corrected chi connectivity index (χ3v) is 7.39. The summed E-state index contributed by atoms with van der Waals surface area (Å²) in [6.45, 7) is 10.1. The van der Waals surface area contributed by atoms with E-state index in [0.717, 1.165) is 52.7 Å². The fourth-order valence-corrected chi connectivity index (χ4v) is 4.34. The summed E-state index contributed by atoms with van der Waals surface area (Å²) < 4.78 is 11.6. The van der Waals surface area contributed by atoms with Crippen molar-refractivity contribution in [2.24, 2.45) is 5.73 Å². The number of carbonyl (C=O) groups excluding carboxylic acids is 1. The summed E-state index contributed by atoms with van der Waals surface area (Å²) in [5, 5.41) is 1.90. The first-order chi connectivity index (χ1) is 16.1. The number of hydrogen-bond donors (Lipinski definition) is 1. The highest BCUT2D eigenvalue weighted by Crippen LogP contribution is 2.37. The topological polar surface area (TPSA) is 100 Å². The number of cyclic esters (lactones) is 1. The fourth-order valence-electron chi connectivity index (χ4n) is 4.34. The second-order valence-electron chi connectivity index (χ2n) is 10.4. The van der Waals surface area contributed by atoms with Crippen LogP contribution in [0.3, 0.4) is 0 Å². The first-order valence-corrected chi connectivity index (χ1v) is 12.0. The van der Waals surface area contributed by atoms with E-state index in [1.807, 2.05) is 38.4 Å². The summed E-state index contributed by atoms with van der Waals surface area (Å²) in [5.41, 5.74) is 9.78. The number of hydrogen-bond acceptors (Lipinski definition) is 7. The molecule has 5 rings (SSSR count). The molecule has 2 aliphatic rings. The van der Waals surface area contributed by atoms with E-state index < -0.39 is 5.54 Å². The van der Waals surface area contributed by atoms with E-state index in [2.05, 4.69) is 31.8 Å². The predicted molar refractivity (Wildman–Crippen MR) is 130 cm³/mol. The van der Waals surface area contributed by atoms with Gasteiger partial charge in [-0.3, -0.25) is 9.97 Å². The third-order valence-electron chi connectivity index (χ3n) is 7.39. The van der Waals surface area contributed by atoms with Gasteiger partial charge in [-0.1, -0.05) is 20.8 Å². The minimum Gasteiger partial charge on any atom is -0.474 e. The van der Waals surface area contributed by atoms with Gasteiger partial charge in [-0.2, -0.15) is 0 Å². The number of carbonyl (C=O) groups is 1. The summed E-state index contributed by atoms with van der Waals surface area (Å²) >= 11 is 0. The van der Waals surface area contributed by atoms with Crippen molar-refractivity contribution in [3.05, 3.63) is 58.8 Å². The van der Waals surface area contributed by atoms with E-state index in [-0.39, 0.29) is 23.6 Å². The van der Waals surface area contributed by atoms with Crippen molar-refractivity contribution in [2.45, 2.75) is 83.5 Å². The molecule has 0 radical (unpaired) electrons. The first kappa shape index (κ1) is 22.7. The zero-order valence-electron chi connectivity index (χ0n) is 20.5. The summed E-state index contributed by atoms with van der Waals surface area (Å²) in [5.74, 6) is 0.306. The maximum Gasteiger partial charge on any atom is 0.340 e. The fraction of sp³-hybridized carbons (Fsp3) is 0.481. The van der Waals surface area contributed by atoms with Crippen molar-refractivity contribution in [3.63, 3.8) is 0 Å². The lowest BCUT2D eigenvalue weighted by Crippen LogP contribution is -2.42. The lowest BCUT2D eigenvalue weighted by Gasteiger charge is -2.36. The lowest BCUT2D eigenvalue weighted by molar-refractivity contribution is 0.00855. The molecule has 0 bridgehead atoms. The van der Waals surface area contributed by atoms with Gasteiger partial charge in [-0.05, 0) is 62.3 Å². The van der Waals surface area contributed by atoms with Crippen LogP contribution in [0.4, 0.5) is 0 Å². The Morgan fingerprint density at radius 3 is 2.65 bits per heavy atom. The van der Waals surface area contributed by atoms with Crippen molar-refractivity contribution < 1.29 is 14.3 Å². The van der Waals surface area contributed by atoms with Crippen molar-refractivity contribution in [1.29, 1.82) is 0 Å².